The van der Waals surface area contributed by atoms with Crippen LogP contribution in [0.15, 0.2) is 23.0 Å². The second-order valence-corrected chi connectivity index (χ2v) is 6.63. The molecule has 0 spiro atoms. The molecule has 0 saturated carbocycles. The molecular formula is C19H24N2O3. The number of aryl methyl sites for hydroxylation is 2. The van der Waals surface area contributed by atoms with Crippen molar-refractivity contribution in [2.24, 2.45) is 0 Å². The van der Waals surface area contributed by atoms with Crippen LogP contribution < -0.4 is 5.56 Å². The first-order valence-electron chi connectivity index (χ1n) is 8.45. The number of fused-ring (bicyclic) bond motifs is 1. The van der Waals surface area contributed by atoms with Crippen LogP contribution in [0.3, 0.4) is 0 Å². The van der Waals surface area contributed by atoms with Crippen LogP contribution in [0.5, 0.6) is 0 Å². The van der Waals surface area contributed by atoms with E-state index < -0.39 is 0 Å². The molecule has 1 aromatic carbocycles. The van der Waals surface area contributed by atoms with E-state index in [0.717, 1.165) is 41.5 Å². The van der Waals surface area contributed by atoms with Gasteiger partial charge in [-0.05, 0) is 49.3 Å². The molecule has 3 rings (SSSR count). The maximum Gasteiger partial charge on any atom is 0.253 e. The summed E-state index contributed by atoms with van der Waals surface area (Å²) in [6.07, 6.45) is 2.08. The SMILES string of the molecule is CC(=O)N(Cc1cc2ccc(C)c(C)c2[nH]c1=O)C[C@@H]1CCCO1. The number of rotatable bonds is 4. The molecule has 5 nitrogen and oxygen atoms in total. The number of nitrogens with one attached hydrogen (secondary N) is 1. The van der Waals surface area contributed by atoms with E-state index >= 15 is 0 Å². The summed E-state index contributed by atoms with van der Waals surface area (Å²) in [7, 11) is 0. The predicted octanol–water partition coefficient (Wildman–Crippen LogP) is 2.67. The fourth-order valence-corrected chi connectivity index (χ4v) is 3.23. The Bertz CT molecular complexity index is 819. The summed E-state index contributed by atoms with van der Waals surface area (Å²) in [4.78, 5) is 29.1. The minimum Gasteiger partial charge on any atom is -0.376 e. The van der Waals surface area contributed by atoms with Crippen LogP contribution in [0.2, 0.25) is 0 Å². The fraction of sp³-hybridized carbons (Fsp3) is 0.474. The van der Waals surface area contributed by atoms with Crippen molar-refractivity contribution >= 4 is 16.8 Å². The first-order chi connectivity index (χ1) is 11.5. The number of hydrogen-bond acceptors (Lipinski definition) is 3. The Balaban J connectivity index is 1.90. The summed E-state index contributed by atoms with van der Waals surface area (Å²) in [5.41, 5.74) is 3.58. The van der Waals surface area contributed by atoms with Crippen molar-refractivity contribution < 1.29 is 9.53 Å². The third-order valence-electron chi connectivity index (χ3n) is 4.88. The Hall–Kier alpha value is -2.14. The number of aromatic nitrogens is 1. The van der Waals surface area contributed by atoms with Gasteiger partial charge in [0.25, 0.3) is 5.56 Å². The lowest BCUT2D eigenvalue weighted by Gasteiger charge is -2.24. The summed E-state index contributed by atoms with van der Waals surface area (Å²) in [5, 5.41) is 0.994. The van der Waals surface area contributed by atoms with E-state index in [-0.39, 0.29) is 17.6 Å². The normalized spacial score (nSPS) is 17.4. The number of benzene rings is 1. The van der Waals surface area contributed by atoms with Crippen LogP contribution in [0, 0.1) is 13.8 Å². The topological polar surface area (TPSA) is 62.4 Å². The van der Waals surface area contributed by atoms with Crippen LogP contribution in [0.1, 0.15) is 36.5 Å². The average molecular weight is 328 g/mol. The maximum absolute atomic E-state index is 12.5. The molecule has 24 heavy (non-hydrogen) atoms. The summed E-state index contributed by atoms with van der Waals surface area (Å²) >= 11 is 0. The van der Waals surface area contributed by atoms with Gasteiger partial charge in [-0.3, -0.25) is 9.59 Å². The number of hydrogen-bond donors (Lipinski definition) is 1. The number of H-pyrrole nitrogens is 1. The van der Waals surface area contributed by atoms with Gasteiger partial charge in [-0.25, -0.2) is 0 Å². The molecule has 1 aliphatic rings. The Morgan fingerprint density at radius 1 is 1.38 bits per heavy atom. The number of carbonyl (C=O) groups excluding carboxylic acids is 1. The number of nitrogens with zero attached hydrogens (tertiary/aromatic N) is 1. The van der Waals surface area contributed by atoms with Gasteiger partial charge < -0.3 is 14.6 Å². The third kappa shape index (κ3) is 3.36. The van der Waals surface area contributed by atoms with Gasteiger partial charge in [0.05, 0.1) is 18.2 Å². The van der Waals surface area contributed by atoms with E-state index in [1.165, 1.54) is 6.92 Å². The predicted molar refractivity (Wildman–Crippen MR) is 94.1 cm³/mol. The molecule has 0 unspecified atom stereocenters. The van der Waals surface area contributed by atoms with Crippen molar-refractivity contribution in [3.63, 3.8) is 0 Å². The standard InChI is InChI=1S/C19H24N2O3/c1-12-6-7-15-9-16(19(23)20-18(15)13(12)2)10-21(14(3)22)11-17-5-4-8-24-17/h6-7,9,17H,4-5,8,10-11H2,1-3H3,(H,20,23)/t17-/m0/s1. The Labute approximate surface area is 141 Å². The summed E-state index contributed by atoms with van der Waals surface area (Å²) in [6, 6.07) is 5.95. The number of carbonyl (C=O) groups is 1. The Morgan fingerprint density at radius 2 is 2.17 bits per heavy atom. The van der Waals surface area contributed by atoms with Crippen molar-refractivity contribution in [3.05, 3.63) is 45.2 Å². The zero-order valence-electron chi connectivity index (χ0n) is 14.5. The van der Waals surface area contributed by atoms with E-state index in [1.54, 1.807) is 4.90 Å². The van der Waals surface area contributed by atoms with Crippen LogP contribution in [-0.2, 0) is 16.1 Å². The fourth-order valence-electron chi connectivity index (χ4n) is 3.23. The first-order valence-corrected chi connectivity index (χ1v) is 8.45. The summed E-state index contributed by atoms with van der Waals surface area (Å²) in [5.74, 6) is -0.0370. The third-order valence-corrected chi connectivity index (χ3v) is 4.88. The minimum atomic E-state index is -0.130. The number of aromatic amines is 1. The van der Waals surface area contributed by atoms with Gasteiger partial charge in [-0.15, -0.1) is 0 Å². The molecule has 0 radical (unpaired) electrons. The van der Waals surface area contributed by atoms with Gasteiger partial charge in [0, 0.05) is 25.6 Å². The maximum atomic E-state index is 12.5. The molecule has 128 valence electrons. The lowest BCUT2D eigenvalue weighted by molar-refractivity contribution is -0.131. The van der Waals surface area contributed by atoms with Crippen LogP contribution in [0.4, 0.5) is 0 Å². The molecule has 0 bridgehead atoms. The van der Waals surface area contributed by atoms with Gasteiger partial charge in [-0.1, -0.05) is 12.1 Å². The average Bonchev–Trinajstić information content (AvgIpc) is 3.05. The second kappa shape index (κ2) is 6.77. The minimum absolute atomic E-state index is 0.0370. The van der Waals surface area contributed by atoms with Crippen molar-refractivity contribution in [1.29, 1.82) is 0 Å². The Morgan fingerprint density at radius 3 is 2.83 bits per heavy atom. The summed E-state index contributed by atoms with van der Waals surface area (Å²) < 4.78 is 5.62. The Kier molecular flexibility index (Phi) is 4.71. The van der Waals surface area contributed by atoms with Crippen LogP contribution in [0.25, 0.3) is 10.9 Å². The number of amides is 1. The van der Waals surface area contributed by atoms with Crippen LogP contribution in [-0.4, -0.2) is 35.0 Å². The van der Waals surface area contributed by atoms with Crippen molar-refractivity contribution in [1.82, 2.24) is 9.88 Å². The van der Waals surface area contributed by atoms with E-state index in [0.29, 0.717) is 18.7 Å². The van der Waals surface area contributed by atoms with Gasteiger partial charge in [-0.2, -0.15) is 0 Å². The van der Waals surface area contributed by atoms with Crippen molar-refractivity contribution in [2.75, 3.05) is 13.2 Å². The van der Waals surface area contributed by atoms with Gasteiger partial charge >= 0.3 is 0 Å². The second-order valence-electron chi connectivity index (χ2n) is 6.63. The van der Waals surface area contributed by atoms with E-state index in [2.05, 4.69) is 11.1 Å². The first kappa shape index (κ1) is 16.7. The highest BCUT2D eigenvalue weighted by atomic mass is 16.5. The molecule has 1 atom stereocenters. The summed E-state index contributed by atoms with van der Waals surface area (Å²) in [6.45, 7) is 7.18. The molecule has 5 heteroatoms. The molecule has 1 N–H and O–H groups in total. The van der Waals surface area contributed by atoms with Gasteiger partial charge in [0.2, 0.25) is 5.91 Å². The molecule has 1 aromatic heterocycles. The number of ether oxygens (including phenoxy) is 1. The van der Waals surface area contributed by atoms with Crippen molar-refractivity contribution in [2.45, 2.75) is 46.3 Å². The highest BCUT2D eigenvalue weighted by Gasteiger charge is 2.21. The van der Waals surface area contributed by atoms with E-state index in [1.807, 2.05) is 26.0 Å². The van der Waals surface area contributed by atoms with Gasteiger partial charge in [0.15, 0.2) is 0 Å². The van der Waals surface area contributed by atoms with Gasteiger partial charge in [0.1, 0.15) is 0 Å². The molecule has 1 aliphatic heterocycles. The molecule has 1 saturated heterocycles. The zero-order valence-corrected chi connectivity index (χ0v) is 14.5. The smallest absolute Gasteiger partial charge is 0.253 e. The van der Waals surface area contributed by atoms with Crippen LogP contribution >= 0.6 is 0 Å². The van der Waals surface area contributed by atoms with E-state index in [4.69, 9.17) is 4.74 Å². The largest absolute Gasteiger partial charge is 0.376 e. The number of pyridine rings is 1. The molecule has 1 fully saturated rings. The highest BCUT2D eigenvalue weighted by molar-refractivity contribution is 5.83. The zero-order chi connectivity index (χ0) is 17.3. The molecule has 2 heterocycles. The lowest BCUT2D eigenvalue weighted by atomic mass is 10.0. The van der Waals surface area contributed by atoms with Crippen molar-refractivity contribution in [3.8, 4) is 0 Å². The quantitative estimate of drug-likeness (QED) is 0.938. The van der Waals surface area contributed by atoms with E-state index in [9.17, 15) is 9.59 Å². The molecule has 1 amide bonds. The highest BCUT2D eigenvalue weighted by Crippen LogP contribution is 2.20. The molecular weight excluding hydrogens is 304 g/mol. The lowest BCUT2D eigenvalue weighted by Crippen LogP contribution is -2.36. The molecule has 2 aromatic rings. The monoisotopic (exact) mass is 328 g/mol. The molecule has 0 aliphatic carbocycles.